The third-order valence-corrected chi connectivity index (χ3v) is 5.59. The molecule has 2 aliphatic heterocycles. The van der Waals surface area contributed by atoms with Gasteiger partial charge in [0.2, 0.25) is 0 Å². The first-order valence-corrected chi connectivity index (χ1v) is 9.27. The van der Waals surface area contributed by atoms with E-state index in [2.05, 4.69) is 22.2 Å². The summed E-state index contributed by atoms with van der Waals surface area (Å²) < 4.78 is 0. The van der Waals surface area contributed by atoms with Crippen LogP contribution in [0.3, 0.4) is 0 Å². The summed E-state index contributed by atoms with van der Waals surface area (Å²) in [5.41, 5.74) is 1.74. The van der Waals surface area contributed by atoms with Crippen molar-refractivity contribution in [3.8, 4) is 0 Å². The smallest absolute Gasteiger partial charge is 0.253 e. The van der Waals surface area contributed by atoms with E-state index in [-0.39, 0.29) is 44.0 Å². The van der Waals surface area contributed by atoms with Gasteiger partial charge in [-0.25, -0.2) is 0 Å². The number of oxime groups is 1. The summed E-state index contributed by atoms with van der Waals surface area (Å²) in [6, 6.07) is -0.667. The van der Waals surface area contributed by atoms with Crippen molar-refractivity contribution in [2.75, 3.05) is 24.9 Å². The molecule has 1 N–H and O–H groups in total. The number of Topliss-reactive ketones (excluding diaryl/α,β-unsaturated/α-hetero) is 1. The zero-order valence-electron chi connectivity index (χ0n) is 13.7. The van der Waals surface area contributed by atoms with Crippen LogP contribution < -0.4 is 5.32 Å². The number of nitrogens with zero attached hydrogens (tertiary/aromatic N) is 2. The van der Waals surface area contributed by atoms with E-state index in [0.717, 1.165) is 17.2 Å². The van der Waals surface area contributed by atoms with Crippen LogP contribution in [0.1, 0.15) is 6.92 Å². The van der Waals surface area contributed by atoms with Crippen LogP contribution in [0.5, 0.6) is 0 Å². The van der Waals surface area contributed by atoms with Crippen LogP contribution in [0.15, 0.2) is 16.4 Å². The Morgan fingerprint density at radius 3 is 2.75 bits per heavy atom. The van der Waals surface area contributed by atoms with Crippen LogP contribution in [-0.4, -0.2) is 64.5 Å². The number of rotatable bonds is 6. The van der Waals surface area contributed by atoms with Gasteiger partial charge in [0.05, 0.1) is 5.71 Å². The number of hydrogen-bond acceptors (Lipinski definition) is 7. The normalized spacial score (nSPS) is 23.0. The van der Waals surface area contributed by atoms with Crippen molar-refractivity contribution in [2.24, 2.45) is 5.16 Å². The van der Waals surface area contributed by atoms with Crippen LogP contribution >= 0.6 is 23.5 Å². The van der Waals surface area contributed by atoms with Gasteiger partial charge in [0.15, 0.2) is 5.91 Å². The zero-order chi connectivity index (χ0) is 17.1. The van der Waals surface area contributed by atoms with Crippen molar-refractivity contribution in [1.82, 2.24) is 10.2 Å². The fourth-order valence-corrected chi connectivity index (χ4v) is 4.68. The van der Waals surface area contributed by atoms with Gasteiger partial charge in [-0.15, -0.1) is 11.8 Å². The van der Waals surface area contributed by atoms with Crippen molar-refractivity contribution < 1.29 is 51.9 Å². The van der Waals surface area contributed by atoms with Crippen molar-refractivity contribution >= 4 is 46.8 Å². The van der Waals surface area contributed by atoms with Gasteiger partial charge in [-0.3, -0.25) is 14.5 Å². The van der Waals surface area contributed by atoms with Crippen molar-refractivity contribution in [3.63, 3.8) is 0 Å². The summed E-state index contributed by atoms with van der Waals surface area (Å²) in [6.45, 7) is 5.07. The third kappa shape index (κ3) is 4.18. The second-order valence-electron chi connectivity index (χ2n) is 5.03. The first kappa shape index (κ1) is 21.5. The Bertz CT molecular complexity index is 609. The molecule has 2 unspecified atom stereocenters. The van der Waals surface area contributed by atoms with Gasteiger partial charge in [-0.1, -0.05) is 0 Å². The molecule has 0 aromatic heterocycles. The van der Waals surface area contributed by atoms with Crippen LogP contribution in [0.25, 0.3) is 0 Å². The minimum Gasteiger partial charge on any atom is -0.417 e. The topological polar surface area (TPSA) is 88.1 Å². The van der Waals surface area contributed by atoms with Crippen molar-refractivity contribution in [1.29, 1.82) is 0 Å². The Hall–Kier alpha value is -0.506. The number of allylic oxidation sites excluding steroid dienone is 1. The average molecular weight is 445 g/mol. The van der Waals surface area contributed by atoms with E-state index in [0.29, 0.717) is 0 Å². The number of carbonyl (C=O) groups is 3. The molecule has 0 aliphatic carbocycles. The number of fused-ring (bicyclic) bond motifs is 1. The molecule has 2 rings (SSSR count). The number of carbonyl (C=O) groups excluding carboxylic acids is 3. The SMILES string of the molecule is [CH2-]C(=O)/C(=N/OC)C(=O)NC1C(=O)N2C(C)=C(CSC)CSC12.[Y]. The second-order valence-corrected chi connectivity index (χ2v) is 7.00. The molecule has 0 aromatic rings. The van der Waals surface area contributed by atoms with Crippen LogP contribution in [-0.2, 0) is 51.9 Å². The number of thioether (sulfide) groups is 2. The molecule has 0 bridgehead atoms. The van der Waals surface area contributed by atoms with Crippen LogP contribution in [0, 0.1) is 6.92 Å². The van der Waals surface area contributed by atoms with Gasteiger partial charge in [0.1, 0.15) is 18.5 Å². The number of nitrogens with one attached hydrogen (secondary N) is 1. The number of amides is 2. The molecule has 10 heteroatoms. The largest absolute Gasteiger partial charge is 0.417 e. The predicted octanol–water partition coefficient (Wildman–Crippen LogP) is 0.426. The van der Waals surface area contributed by atoms with E-state index >= 15 is 0 Å². The van der Waals surface area contributed by atoms with E-state index in [1.807, 2.05) is 13.2 Å². The van der Waals surface area contributed by atoms with Crippen LogP contribution in [0.2, 0.25) is 0 Å². The summed E-state index contributed by atoms with van der Waals surface area (Å²) in [5, 5.41) is 5.76. The molecule has 2 heterocycles. The molecule has 2 aliphatic rings. The Labute approximate surface area is 174 Å². The van der Waals surface area contributed by atoms with Gasteiger partial charge < -0.3 is 14.9 Å². The first-order valence-electron chi connectivity index (χ1n) is 6.82. The zero-order valence-corrected chi connectivity index (χ0v) is 18.2. The molecule has 0 aromatic carbocycles. The first-order chi connectivity index (χ1) is 10.9. The Balaban J connectivity index is 0.00000288. The minimum atomic E-state index is -0.761. The van der Waals surface area contributed by atoms with Gasteiger partial charge in [-0.2, -0.15) is 23.8 Å². The summed E-state index contributed by atoms with van der Waals surface area (Å²) in [5.74, 6) is 0.0119. The predicted molar refractivity (Wildman–Crippen MR) is 90.9 cm³/mol. The standard InChI is InChI=1S/C14H18N3O4S2.Y/c1-7-9(5-22-4)6-23-14-11(13(20)17(7)14)15-12(19)10(8(2)18)16-21-3;/h11,14H,2,5-6H2,1,3-4H3,(H,15,19);/q-1;/b16-10-;. The number of ketones is 1. The Morgan fingerprint density at radius 1 is 1.54 bits per heavy atom. The molecule has 0 spiro atoms. The number of β-lactam (4-membered cyclic amide) rings is 1. The fourth-order valence-electron chi connectivity index (χ4n) is 2.43. The molecule has 1 radical (unpaired) electrons. The molecule has 129 valence electrons. The number of hydrogen-bond donors (Lipinski definition) is 1. The summed E-state index contributed by atoms with van der Waals surface area (Å²) >= 11 is 3.31. The van der Waals surface area contributed by atoms with Gasteiger partial charge in [0.25, 0.3) is 5.91 Å². The molecule has 1 fully saturated rings. The molecule has 1 saturated heterocycles. The molecular formula is C14H18N3O4S2Y-. The van der Waals surface area contributed by atoms with E-state index in [4.69, 9.17) is 0 Å². The Kier molecular flexibility index (Phi) is 8.31. The van der Waals surface area contributed by atoms with E-state index in [1.54, 1.807) is 28.4 Å². The maximum Gasteiger partial charge on any atom is 0.253 e. The minimum absolute atomic E-state index is 0. The van der Waals surface area contributed by atoms with E-state index < -0.39 is 23.4 Å². The van der Waals surface area contributed by atoms with Crippen molar-refractivity contribution in [2.45, 2.75) is 18.3 Å². The molecular weight excluding hydrogens is 427 g/mol. The molecule has 7 nitrogen and oxygen atoms in total. The van der Waals surface area contributed by atoms with E-state index in [1.165, 1.54) is 12.7 Å². The molecule has 2 atom stereocenters. The maximum atomic E-state index is 12.3. The van der Waals surface area contributed by atoms with Crippen LogP contribution in [0.4, 0.5) is 0 Å². The summed E-state index contributed by atoms with van der Waals surface area (Å²) in [7, 11) is 1.23. The summed E-state index contributed by atoms with van der Waals surface area (Å²) in [4.78, 5) is 41.9. The van der Waals surface area contributed by atoms with Gasteiger partial charge >= 0.3 is 0 Å². The Morgan fingerprint density at radius 2 is 2.21 bits per heavy atom. The van der Waals surface area contributed by atoms with E-state index in [9.17, 15) is 14.4 Å². The third-order valence-electron chi connectivity index (χ3n) is 3.61. The average Bonchev–Trinajstić information content (AvgIpc) is 2.51. The quantitative estimate of drug-likeness (QED) is 0.210. The van der Waals surface area contributed by atoms with Gasteiger partial charge in [-0.05, 0) is 18.8 Å². The van der Waals surface area contributed by atoms with Gasteiger partial charge in [0, 0.05) is 55.7 Å². The fraction of sp³-hybridized carbons (Fsp3) is 0.500. The maximum absolute atomic E-state index is 12.3. The molecule has 24 heavy (non-hydrogen) atoms. The molecule has 2 amide bonds. The van der Waals surface area contributed by atoms with Crippen molar-refractivity contribution in [3.05, 3.63) is 18.2 Å². The second kappa shape index (κ2) is 9.26. The monoisotopic (exact) mass is 445 g/mol. The summed E-state index contributed by atoms with van der Waals surface area (Å²) in [6.07, 6.45) is 2.02. The molecule has 0 saturated carbocycles.